The van der Waals surface area contributed by atoms with Gasteiger partial charge in [-0.1, -0.05) is 6.07 Å². The molecule has 0 aliphatic rings. The topological polar surface area (TPSA) is 87.1 Å². The van der Waals surface area contributed by atoms with E-state index in [2.05, 4.69) is 37.5 Å². The van der Waals surface area contributed by atoms with E-state index in [9.17, 15) is 0 Å². The summed E-state index contributed by atoms with van der Waals surface area (Å²) in [5.41, 5.74) is 9.73. The molecule has 1 aromatic carbocycles. The molecule has 5 nitrogen and oxygen atoms in total. The smallest absolute Gasteiger partial charge is 0.205 e. The summed E-state index contributed by atoms with van der Waals surface area (Å²) < 4.78 is 0.743. The molecule has 0 atom stereocenters. The normalized spacial score (nSPS) is 10.4. The first-order valence-electron chi connectivity index (χ1n) is 4.89. The van der Waals surface area contributed by atoms with Crippen molar-refractivity contribution in [2.24, 2.45) is 5.10 Å². The number of nitrogen functional groups attached to an aromatic ring is 1. The molecule has 0 saturated heterocycles. The van der Waals surface area contributed by atoms with Crippen LogP contribution >= 0.6 is 27.3 Å². The first kappa shape index (κ1) is 12.5. The van der Waals surface area contributed by atoms with Gasteiger partial charge in [0.15, 0.2) is 0 Å². The van der Waals surface area contributed by atoms with Gasteiger partial charge in [0.1, 0.15) is 11.9 Å². The van der Waals surface area contributed by atoms with Crippen molar-refractivity contribution in [3.63, 3.8) is 0 Å². The van der Waals surface area contributed by atoms with E-state index in [1.807, 2.05) is 12.1 Å². The minimum atomic E-state index is 0.471. The number of hydrazone groups is 1. The van der Waals surface area contributed by atoms with Crippen LogP contribution < -0.4 is 11.2 Å². The van der Waals surface area contributed by atoms with E-state index < -0.39 is 0 Å². The summed E-state index contributed by atoms with van der Waals surface area (Å²) in [4.78, 5) is 4.01. The Labute approximate surface area is 116 Å². The van der Waals surface area contributed by atoms with Gasteiger partial charge in [-0.2, -0.15) is 10.4 Å². The van der Waals surface area contributed by atoms with Crippen LogP contribution in [0.2, 0.25) is 0 Å². The van der Waals surface area contributed by atoms with Gasteiger partial charge in [-0.05, 0) is 33.6 Å². The van der Waals surface area contributed by atoms with Crippen LogP contribution in [-0.4, -0.2) is 11.2 Å². The Hall–Kier alpha value is -1.91. The third-order valence-corrected chi connectivity index (χ3v) is 3.43. The summed E-state index contributed by atoms with van der Waals surface area (Å²) in [5.74, 6) is 0.471. The van der Waals surface area contributed by atoms with Crippen molar-refractivity contribution in [2.45, 2.75) is 0 Å². The van der Waals surface area contributed by atoms with E-state index in [-0.39, 0.29) is 0 Å². The maximum atomic E-state index is 8.79. The molecule has 0 fully saturated rings. The van der Waals surface area contributed by atoms with Crippen LogP contribution in [-0.2, 0) is 0 Å². The summed E-state index contributed by atoms with van der Waals surface area (Å²) in [6.45, 7) is 0. The Balaban J connectivity index is 2.05. The minimum absolute atomic E-state index is 0.471. The number of hydrogen-bond donors (Lipinski definition) is 2. The lowest BCUT2D eigenvalue weighted by atomic mass is 10.2. The van der Waals surface area contributed by atoms with Crippen molar-refractivity contribution in [1.29, 1.82) is 5.26 Å². The highest BCUT2D eigenvalue weighted by atomic mass is 79.9. The predicted molar refractivity (Wildman–Crippen MR) is 76.6 cm³/mol. The number of aromatic nitrogens is 1. The molecule has 0 aliphatic carbocycles. The Bertz CT molecular complexity index is 629. The molecule has 0 saturated carbocycles. The Morgan fingerprint density at radius 1 is 1.56 bits per heavy atom. The molecule has 1 aromatic heterocycles. The maximum Gasteiger partial charge on any atom is 0.205 e. The molecule has 0 aliphatic heterocycles. The highest BCUT2D eigenvalue weighted by Gasteiger charge is 1.99. The third kappa shape index (κ3) is 3.06. The van der Waals surface area contributed by atoms with Crippen LogP contribution in [0, 0.1) is 11.3 Å². The second-order valence-corrected chi connectivity index (χ2v) is 5.01. The first-order chi connectivity index (χ1) is 8.69. The number of nitrogens with two attached hydrogens (primary N) is 1. The number of halogens is 1. The maximum absolute atomic E-state index is 8.79. The zero-order valence-electron chi connectivity index (χ0n) is 9.09. The fourth-order valence-corrected chi connectivity index (χ4v) is 2.24. The van der Waals surface area contributed by atoms with Crippen molar-refractivity contribution in [3.05, 3.63) is 39.2 Å². The van der Waals surface area contributed by atoms with E-state index in [1.54, 1.807) is 17.7 Å². The summed E-state index contributed by atoms with van der Waals surface area (Å²) in [5, 5.41) is 15.2. The van der Waals surface area contributed by atoms with E-state index >= 15 is 0 Å². The molecule has 2 rings (SSSR count). The fourth-order valence-electron chi connectivity index (χ4n) is 1.20. The average Bonchev–Trinajstić information content (AvgIpc) is 2.75. The molecule has 7 heteroatoms. The SMILES string of the molecule is N#Cc1ccc(C=NNc2nc(N)cs2)cc1Br. The average molecular weight is 322 g/mol. The van der Waals surface area contributed by atoms with Gasteiger partial charge >= 0.3 is 0 Å². The highest BCUT2D eigenvalue weighted by molar-refractivity contribution is 9.10. The van der Waals surface area contributed by atoms with Gasteiger partial charge < -0.3 is 5.73 Å². The standard InChI is InChI=1S/C11H8BrN5S/c12-9-3-7(1-2-8(9)4-13)5-15-17-11-16-10(14)6-18-11/h1-3,5-6H,14H2,(H,16,17). The molecule has 2 aromatic rings. The van der Waals surface area contributed by atoms with Crippen molar-refractivity contribution < 1.29 is 0 Å². The molecular weight excluding hydrogens is 314 g/mol. The van der Waals surface area contributed by atoms with Crippen LogP contribution in [0.3, 0.4) is 0 Å². The summed E-state index contributed by atoms with van der Waals surface area (Å²) in [6, 6.07) is 7.44. The van der Waals surface area contributed by atoms with E-state index in [4.69, 9.17) is 11.0 Å². The second-order valence-electron chi connectivity index (χ2n) is 3.30. The Morgan fingerprint density at radius 2 is 2.39 bits per heavy atom. The van der Waals surface area contributed by atoms with Crippen LogP contribution in [0.5, 0.6) is 0 Å². The molecule has 0 bridgehead atoms. The lowest BCUT2D eigenvalue weighted by Crippen LogP contribution is -1.91. The van der Waals surface area contributed by atoms with Crippen molar-refractivity contribution in [3.8, 4) is 6.07 Å². The summed E-state index contributed by atoms with van der Waals surface area (Å²) in [6.07, 6.45) is 1.64. The Kier molecular flexibility index (Phi) is 3.92. The van der Waals surface area contributed by atoms with Gasteiger partial charge in [0, 0.05) is 9.85 Å². The molecule has 90 valence electrons. The number of benzene rings is 1. The quantitative estimate of drug-likeness (QED) is 0.672. The van der Waals surface area contributed by atoms with E-state index in [0.717, 1.165) is 10.0 Å². The number of nitrogens with zero attached hydrogens (tertiary/aromatic N) is 3. The number of hydrogen-bond acceptors (Lipinski definition) is 6. The summed E-state index contributed by atoms with van der Waals surface area (Å²) in [7, 11) is 0. The van der Waals surface area contributed by atoms with Crippen LogP contribution in [0.25, 0.3) is 0 Å². The van der Waals surface area contributed by atoms with Gasteiger partial charge in [0.25, 0.3) is 0 Å². The minimum Gasteiger partial charge on any atom is -0.383 e. The number of nitriles is 1. The first-order valence-corrected chi connectivity index (χ1v) is 6.56. The van der Waals surface area contributed by atoms with Gasteiger partial charge in [0.05, 0.1) is 11.8 Å². The monoisotopic (exact) mass is 321 g/mol. The molecule has 0 spiro atoms. The third-order valence-electron chi connectivity index (χ3n) is 2.01. The fraction of sp³-hybridized carbons (Fsp3) is 0. The van der Waals surface area contributed by atoms with Crippen molar-refractivity contribution >= 4 is 44.4 Å². The van der Waals surface area contributed by atoms with Crippen LogP contribution in [0.1, 0.15) is 11.1 Å². The molecule has 3 N–H and O–H groups in total. The molecule has 0 amide bonds. The zero-order chi connectivity index (χ0) is 13.0. The predicted octanol–water partition coefficient (Wildman–Crippen LogP) is 2.81. The Morgan fingerprint density at radius 3 is 3.00 bits per heavy atom. The van der Waals surface area contributed by atoms with Crippen LogP contribution in [0.4, 0.5) is 10.9 Å². The second kappa shape index (κ2) is 5.62. The molecule has 0 unspecified atom stereocenters. The molecular formula is C11H8BrN5S. The van der Waals surface area contributed by atoms with Gasteiger partial charge in [-0.3, -0.25) is 5.43 Å². The highest BCUT2D eigenvalue weighted by Crippen LogP contribution is 2.18. The van der Waals surface area contributed by atoms with E-state index in [1.165, 1.54) is 11.3 Å². The van der Waals surface area contributed by atoms with Crippen molar-refractivity contribution in [2.75, 3.05) is 11.2 Å². The molecule has 1 heterocycles. The molecule has 18 heavy (non-hydrogen) atoms. The summed E-state index contributed by atoms with van der Waals surface area (Å²) >= 11 is 4.70. The van der Waals surface area contributed by atoms with Crippen molar-refractivity contribution in [1.82, 2.24) is 4.98 Å². The number of nitrogens with one attached hydrogen (secondary N) is 1. The molecule has 0 radical (unpaired) electrons. The lowest BCUT2D eigenvalue weighted by molar-refractivity contribution is 1.29. The lowest BCUT2D eigenvalue weighted by Gasteiger charge is -1.97. The van der Waals surface area contributed by atoms with Crippen LogP contribution in [0.15, 0.2) is 33.2 Å². The van der Waals surface area contributed by atoms with Gasteiger partial charge in [-0.15, -0.1) is 11.3 Å². The van der Waals surface area contributed by atoms with E-state index in [0.29, 0.717) is 16.5 Å². The van der Waals surface area contributed by atoms with Gasteiger partial charge in [0.2, 0.25) is 5.13 Å². The van der Waals surface area contributed by atoms with Gasteiger partial charge in [-0.25, -0.2) is 4.98 Å². The number of anilines is 2. The largest absolute Gasteiger partial charge is 0.383 e. The number of rotatable bonds is 3. The number of thiazole rings is 1. The zero-order valence-corrected chi connectivity index (χ0v) is 11.5.